The lowest BCUT2D eigenvalue weighted by Gasteiger charge is -2.51. The van der Waals surface area contributed by atoms with E-state index in [1.54, 1.807) is 0 Å². The average molecular weight is 226 g/mol. The Balaban J connectivity index is 1.99. The molecule has 0 amide bonds. The molecule has 2 unspecified atom stereocenters. The highest BCUT2D eigenvalue weighted by Gasteiger charge is 2.43. The predicted molar refractivity (Wildman–Crippen MR) is 62.4 cm³/mol. The summed E-state index contributed by atoms with van der Waals surface area (Å²) in [5.74, 6) is -0.743. The first kappa shape index (κ1) is 11.9. The normalized spacial score (nSPS) is 35.7. The summed E-state index contributed by atoms with van der Waals surface area (Å²) in [6, 6.07) is 0.283. The van der Waals surface area contributed by atoms with E-state index in [4.69, 9.17) is 5.11 Å². The van der Waals surface area contributed by atoms with E-state index in [9.17, 15) is 4.79 Å². The Morgan fingerprint density at radius 3 is 2.44 bits per heavy atom. The molecule has 4 nitrogen and oxygen atoms in total. The van der Waals surface area contributed by atoms with Crippen LogP contribution < -0.4 is 0 Å². The second-order valence-electron chi connectivity index (χ2n) is 5.79. The van der Waals surface area contributed by atoms with E-state index >= 15 is 0 Å². The Hall–Kier alpha value is -0.610. The summed E-state index contributed by atoms with van der Waals surface area (Å²) in [7, 11) is 2.15. The fraction of sp³-hybridized carbons (Fsp3) is 0.917. The molecule has 0 aromatic heterocycles. The Labute approximate surface area is 97.2 Å². The summed E-state index contributed by atoms with van der Waals surface area (Å²) in [6.45, 7) is 7.49. The molecule has 4 heteroatoms. The van der Waals surface area contributed by atoms with E-state index in [0.29, 0.717) is 0 Å². The molecule has 1 aliphatic heterocycles. The molecule has 2 atom stereocenters. The van der Waals surface area contributed by atoms with E-state index in [1.807, 2.05) is 0 Å². The molecule has 0 radical (unpaired) electrons. The highest BCUT2D eigenvalue weighted by Crippen LogP contribution is 2.34. The second-order valence-corrected chi connectivity index (χ2v) is 5.79. The van der Waals surface area contributed by atoms with Crippen LogP contribution in [0.3, 0.4) is 0 Å². The lowest BCUT2D eigenvalue weighted by Crippen LogP contribution is -2.63. The highest BCUT2D eigenvalue weighted by atomic mass is 16.4. The number of carboxylic acids is 1. The molecule has 1 aliphatic carbocycles. The maximum Gasteiger partial charge on any atom is 0.308 e. The Morgan fingerprint density at radius 1 is 1.31 bits per heavy atom. The van der Waals surface area contributed by atoms with Crippen LogP contribution in [-0.2, 0) is 4.79 Å². The third-order valence-electron chi connectivity index (χ3n) is 4.37. The van der Waals surface area contributed by atoms with E-state index in [0.717, 1.165) is 32.5 Å². The Bertz CT molecular complexity index is 291. The molecule has 1 saturated carbocycles. The van der Waals surface area contributed by atoms with Crippen molar-refractivity contribution in [2.24, 2.45) is 5.92 Å². The minimum Gasteiger partial charge on any atom is -0.481 e. The molecule has 1 N–H and O–H groups in total. The van der Waals surface area contributed by atoms with Gasteiger partial charge in [-0.05, 0) is 33.7 Å². The summed E-state index contributed by atoms with van der Waals surface area (Å²) < 4.78 is 0. The van der Waals surface area contributed by atoms with Crippen LogP contribution in [0.15, 0.2) is 0 Å². The van der Waals surface area contributed by atoms with E-state index < -0.39 is 5.97 Å². The molecule has 16 heavy (non-hydrogen) atoms. The van der Waals surface area contributed by atoms with Crippen molar-refractivity contribution >= 4 is 5.97 Å². The van der Waals surface area contributed by atoms with Gasteiger partial charge >= 0.3 is 5.97 Å². The van der Waals surface area contributed by atoms with Gasteiger partial charge in [-0.25, -0.2) is 0 Å². The van der Waals surface area contributed by atoms with Gasteiger partial charge in [0, 0.05) is 31.2 Å². The summed E-state index contributed by atoms with van der Waals surface area (Å²) >= 11 is 0. The fourth-order valence-electron chi connectivity index (χ4n) is 2.77. The molecule has 2 fully saturated rings. The topological polar surface area (TPSA) is 43.8 Å². The third-order valence-corrected chi connectivity index (χ3v) is 4.37. The maximum absolute atomic E-state index is 11.0. The number of likely N-dealkylation sites (N-methyl/N-ethyl adjacent to an activating group) is 1. The first-order valence-electron chi connectivity index (χ1n) is 6.10. The van der Waals surface area contributed by atoms with Crippen LogP contribution in [0.25, 0.3) is 0 Å². The molecule has 0 aromatic rings. The maximum atomic E-state index is 11.0. The number of piperazine rings is 1. The first-order chi connectivity index (χ1) is 7.42. The molecule has 0 spiro atoms. The molecular weight excluding hydrogens is 204 g/mol. The van der Waals surface area contributed by atoms with Crippen LogP contribution in [0.4, 0.5) is 0 Å². The number of aliphatic carboxylic acids is 1. The van der Waals surface area contributed by atoms with Crippen molar-refractivity contribution in [3.63, 3.8) is 0 Å². The highest BCUT2D eigenvalue weighted by molar-refractivity contribution is 5.72. The second kappa shape index (κ2) is 4.00. The van der Waals surface area contributed by atoms with Crippen molar-refractivity contribution < 1.29 is 9.90 Å². The molecule has 2 rings (SSSR count). The molecule has 2 aliphatic rings. The minimum absolute atomic E-state index is 0.126. The molecule has 0 aromatic carbocycles. The van der Waals surface area contributed by atoms with E-state index in [2.05, 4.69) is 30.7 Å². The van der Waals surface area contributed by atoms with Crippen LogP contribution in [0.2, 0.25) is 0 Å². The van der Waals surface area contributed by atoms with Gasteiger partial charge in [-0.3, -0.25) is 14.6 Å². The van der Waals surface area contributed by atoms with Crippen molar-refractivity contribution in [2.45, 2.75) is 38.3 Å². The van der Waals surface area contributed by atoms with Crippen molar-refractivity contribution in [3.8, 4) is 0 Å². The van der Waals surface area contributed by atoms with Gasteiger partial charge in [0.25, 0.3) is 0 Å². The number of carbonyl (C=O) groups is 1. The number of hydrogen-bond donors (Lipinski definition) is 1. The summed E-state index contributed by atoms with van der Waals surface area (Å²) in [5.41, 5.74) is 0.164. The van der Waals surface area contributed by atoms with Gasteiger partial charge in [-0.1, -0.05) is 0 Å². The van der Waals surface area contributed by atoms with Crippen LogP contribution in [0, 0.1) is 5.92 Å². The third kappa shape index (κ3) is 1.96. The van der Waals surface area contributed by atoms with Gasteiger partial charge in [-0.2, -0.15) is 0 Å². The van der Waals surface area contributed by atoms with Crippen LogP contribution in [-0.4, -0.2) is 59.1 Å². The number of nitrogens with zero attached hydrogens (tertiary/aromatic N) is 2. The first-order valence-corrected chi connectivity index (χ1v) is 6.10. The number of rotatable bonds is 2. The largest absolute Gasteiger partial charge is 0.481 e. The predicted octanol–water partition coefficient (Wildman–Crippen LogP) is 0.876. The van der Waals surface area contributed by atoms with E-state index in [1.165, 1.54) is 0 Å². The lowest BCUT2D eigenvalue weighted by atomic mass is 9.77. The van der Waals surface area contributed by atoms with Gasteiger partial charge in [0.1, 0.15) is 0 Å². The average Bonchev–Trinajstić information content (AvgIpc) is 2.08. The SMILES string of the molecule is CN1CCN(C2CCC2C(=O)O)CC1(C)C. The Kier molecular flexibility index (Phi) is 2.97. The van der Waals surface area contributed by atoms with Crippen molar-refractivity contribution in [2.75, 3.05) is 26.7 Å². The zero-order valence-corrected chi connectivity index (χ0v) is 10.4. The zero-order chi connectivity index (χ0) is 11.9. The molecule has 1 saturated heterocycles. The van der Waals surface area contributed by atoms with Crippen molar-refractivity contribution in [3.05, 3.63) is 0 Å². The lowest BCUT2D eigenvalue weighted by molar-refractivity contribution is -0.150. The van der Waals surface area contributed by atoms with Gasteiger partial charge in [0.2, 0.25) is 0 Å². The van der Waals surface area contributed by atoms with Gasteiger partial charge in [0.15, 0.2) is 0 Å². The number of carboxylic acid groups (broad SMARTS) is 1. The smallest absolute Gasteiger partial charge is 0.308 e. The van der Waals surface area contributed by atoms with Gasteiger partial charge < -0.3 is 5.11 Å². The van der Waals surface area contributed by atoms with Crippen LogP contribution in [0.1, 0.15) is 26.7 Å². The molecule has 92 valence electrons. The Morgan fingerprint density at radius 2 is 2.00 bits per heavy atom. The summed E-state index contributed by atoms with van der Waals surface area (Å²) in [5, 5.41) is 9.08. The standard InChI is InChI=1S/C12H22N2O2/c1-12(2)8-14(7-6-13(12)3)10-5-4-9(10)11(15)16/h9-10H,4-8H2,1-3H3,(H,15,16). The van der Waals surface area contributed by atoms with Crippen molar-refractivity contribution in [1.29, 1.82) is 0 Å². The molecular formula is C12H22N2O2. The number of hydrogen-bond acceptors (Lipinski definition) is 3. The van der Waals surface area contributed by atoms with Gasteiger partial charge in [0.05, 0.1) is 5.92 Å². The molecule has 1 heterocycles. The summed E-state index contributed by atoms with van der Waals surface area (Å²) in [4.78, 5) is 15.8. The van der Waals surface area contributed by atoms with Crippen LogP contribution in [0.5, 0.6) is 0 Å². The molecule has 0 bridgehead atoms. The minimum atomic E-state index is -0.618. The van der Waals surface area contributed by atoms with Crippen molar-refractivity contribution in [1.82, 2.24) is 9.80 Å². The zero-order valence-electron chi connectivity index (χ0n) is 10.4. The quantitative estimate of drug-likeness (QED) is 0.759. The fourth-order valence-corrected chi connectivity index (χ4v) is 2.77. The monoisotopic (exact) mass is 226 g/mol. The van der Waals surface area contributed by atoms with E-state index in [-0.39, 0.29) is 17.5 Å². The summed E-state index contributed by atoms with van der Waals surface area (Å²) in [6.07, 6.45) is 1.91. The van der Waals surface area contributed by atoms with Crippen LogP contribution >= 0.6 is 0 Å². The van der Waals surface area contributed by atoms with Gasteiger partial charge in [-0.15, -0.1) is 0 Å².